The van der Waals surface area contributed by atoms with Crippen LogP contribution in [0.15, 0.2) is 56.4 Å². The number of nitrogens with zero attached hydrogens (tertiary/aromatic N) is 2. The summed E-state index contributed by atoms with van der Waals surface area (Å²) < 4.78 is 10.8. The maximum atomic E-state index is 12.2. The van der Waals surface area contributed by atoms with E-state index >= 15 is 0 Å². The van der Waals surface area contributed by atoms with Gasteiger partial charge in [0.25, 0.3) is 11.4 Å². The normalized spacial score (nSPS) is 11.5. The van der Waals surface area contributed by atoms with Gasteiger partial charge in [-0.3, -0.25) is 4.79 Å². The van der Waals surface area contributed by atoms with E-state index in [9.17, 15) is 4.79 Å². The number of hydrogen-bond acceptors (Lipinski definition) is 5. The number of rotatable bonds is 3. The lowest BCUT2D eigenvalue weighted by atomic mass is 10.0. The predicted molar refractivity (Wildman–Crippen MR) is 89.7 cm³/mol. The number of furan rings is 1. The molecule has 0 saturated heterocycles. The molecule has 0 spiro atoms. The van der Waals surface area contributed by atoms with Gasteiger partial charge in [0.1, 0.15) is 5.69 Å². The molecule has 0 aliphatic rings. The number of fused-ring (bicyclic) bond motifs is 1. The second-order valence-electron chi connectivity index (χ2n) is 5.88. The first-order valence-corrected chi connectivity index (χ1v) is 7.67. The fourth-order valence-electron chi connectivity index (χ4n) is 2.71. The minimum Gasteiger partial charge on any atom is -0.461 e. The summed E-state index contributed by atoms with van der Waals surface area (Å²) in [5.41, 5.74) is 1.30. The summed E-state index contributed by atoms with van der Waals surface area (Å²) in [6.45, 7) is 4.13. The average molecular weight is 321 g/mol. The molecule has 0 atom stereocenters. The van der Waals surface area contributed by atoms with Gasteiger partial charge >= 0.3 is 0 Å². The van der Waals surface area contributed by atoms with E-state index in [4.69, 9.17) is 8.94 Å². The molecular formula is C18H15N3O3. The number of pyridine rings is 1. The Kier molecular flexibility index (Phi) is 3.30. The lowest BCUT2D eigenvalue weighted by Crippen LogP contribution is -2.07. The summed E-state index contributed by atoms with van der Waals surface area (Å²) >= 11 is 0. The van der Waals surface area contributed by atoms with Crippen LogP contribution in [0.5, 0.6) is 0 Å². The second-order valence-corrected chi connectivity index (χ2v) is 5.88. The molecule has 3 aromatic heterocycles. The van der Waals surface area contributed by atoms with Crippen molar-refractivity contribution in [1.29, 1.82) is 0 Å². The van der Waals surface area contributed by atoms with Gasteiger partial charge in [0.15, 0.2) is 5.76 Å². The SMILES string of the molecule is CC(C)c1ccoc1-c1noc(-c2cc3ccccc3c(=O)[nH]2)n1. The number of benzene rings is 1. The molecule has 0 bridgehead atoms. The Morgan fingerprint density at radius 2 is 2.00 bits per heavy atom. The van der Waals surface area contributed by atoms with E-state index in [0.717, 1.165) is 10.9 Å². The monoisotopic (exact) mass is 321 g/mol. The number of aromatic amines is 1. The zero-order valence-electron chi connectivity index (χ0n) is 13.2. The number of nitrogens with one attached hydrogen (secondary N) is 1. The molecule has 0 amide bonds. The van der Waals surface area contributed by atoms with Crippen LogP contribution in [-0.4, -0.2) is 15.1 Å². The fraction of sp³-hybridized carbons (Fsp3) is 0.167. The highest BCUT2D eigenvalue weighted by Gasteiger charge is 2.19. The third kappa shape index (κ3) is 2.32. The third-order valence-corrected chi connectivity index (χ3v) is 3.93. The number of H-pyrrole nitrogens is 1. The Balaban J connectivity index is 1.81. The zero-order valence-corrected chi connectivity index (χ0v) is 13.2. The molecule has 6 nitrogen and oxygen atoms in total. The molecule has 0 radical (unpaired) electrons. The Morgan fingerprint density at radius 3 is 2.83 bits per heavy atom. The Labute approximate surface area is 137 Å². The van der Waals surface area contributed by atoms with Crippen LogP contribution in [0.1, 0.15) is 25.3 Å². The van der Waals surface area contributed by atoms with E-state index < -0.39 is 0 Å². The molecule has 0 aliphatic carbocycles. The molecule has 4 rings (SSSR count). The Bertz CT molecular complexity index is 1070. The Morgan fingerprint density at radius 1 is 1.17 bits per heavy atom. The van der Waals surface area contributed by atoms with Crippen LogP contribution in [-0.2, 0) is 0 Å². The van der Waals surface area contributed by atoms with Crippen LogP contribution >= 0.6 is 0 Å². The van der Waals surface area contributed by atoms with Crippen LogP contribution in [0.25, 0.3) is 33.9 Å². The average Bonchev–Trinajstić information content (AvgIpc) is 3.24. The van der Waals surface area contributed by atoms with E-state index in [0.29, 0.717) is 22.7 Å². The minimum atomic E-state index is -0.191. The van der Waals surface area contributed by atoms with E-state index in [2.05, 4.69) is 29.0 Å². The molecule has 4 aromatic rings. The van der Waals surface area contributed by atoms with Gasteiger partial charge in [0.05, 0.1) is 6.26 Å². The molecule has 0 unspecified atom stereocenters. The quantitative estimate of drug-likeness (QED) is 0.617. The molecular weight excluding hydrogens is 306 g/mol. The fourth-order valence-corrected chi connectivity index (χ4v) is 2.71. The summed E-state index contributed by atoms with van der Waals surface area (Å²) in [6, 6.07) is 11.1. The van der Waals surface area contributed by atoms with E-state index in [1.165, 1.54) is 0 Å². The third-order valence-electron chi connectivity index (χ3n) is 3.93. The summed E-state index contributed by atoms with van der Waals surface area (Å²) in [7, 11) is 0. The molecule has 1 N–H and O–H groups in total. The summed E-state index contributed by atoms with van der Waals surface area (Å²) in [4.78, 5) is 19.3. The van der Waals surface area contributed by atoms with Crippen molar-refractivity contribution in [1.82, 2.24) is 15.1 Å². The molecule has 6 heteroatoms. The van der Waals surface area contributed by atoms with Crippen LogP contribution in [0.2, 0.25) is 0 Å². The first-order valence-electron chi connectivity index (χ1n) is 7.67. The molecule has 0 saturated carbocycles. The van der Waals surface area contributed by atoms with Crippen molar-refractivity contribution in [3.63, 3.8) is 0 Å². The van der Waals surface area contributed by atoms with Gasteiger partial charge in [-0.2, -0.15) is 4.98 Å². The van der Waals surface area contributed by atoms with Crippen LogP contribution in [0.4, 0.5) is 0 Å². The second kappa shape index (κ2) is 5.49. The minimum absolute atomic E-state index is 0.191. The van der Waals surface area contributed by atoms with Crippen molar-refractivity contribution in [2.24, 2.45) is 0 Å². The van der Waals surface area contributed by atoms with Gasteiger partial charge in [0.2, 0.25) is 5.82 Å². The highest BCUT2D eigenvalue weighted by Crippen LogP contribution is 2.29. The molecule has 120 valence electrons. The molecule has 24 heavy (non-hydrogen) atoms. The van der Waals surface area contributed by atoms with Crippen LogP contribution < -0.4 is 5.56 Å². The zero-order chi connectivity index (χ0) is 16.7. The number of aromatic nitrogens is 3. The molecule has 3 heterocycles. The summed E-state index contributed by atoms with van der Waals surface area (Å²) in [5.74, 6) is 1.48. The highest BCUT2D eigenvalue weighted by molar-refractivity contribution is 5.84. The lowest BCUT2D eigenvalue weighted by molar-refractivity contribution is 0.428. The molecule has 0 aliphatic heterocycles. The maximum Gasteiger partial charge on any atom is 0.274 e. The van der Waals surface area contributed by atoms with Crippen molar-refractivity contribution >= 4 is 10.8 Å². The van der Waals surface area contributed by atoms with Gasteiger partial charge in [0, 0.05) is 10.9 Å². The van der Waals surface area contributed by atoms with Crippen molar-refractivity contribution in [3.8, 4) is 23.2 Å². The lowest BCUT2D eigenvalue weighted by Gasteiger charge is -2.01. The largest absolute Gasteiger partial charge is 0.461 e. The smallest absolute Gasteiger partial charge is 0.274 e. The highest BCUT2D eigenvalue weighted by atomic mass is 16.5. The van der Waals surface area contributed by atoms with Gasteiger partial charge in [-0.15, -0.1) is 0 Å². The van der Waals surface area contributed by atoms with E-state index in [1.807, 2.05) is 30.3 Å². The van der Waals surface area contributed by atoms with Crippen LogP contribution in [0.3, 0.4) is 0 Å². The molecule has 0 fully saturated rings. The Hall–Kier alpha value is -3.15. The summed E-state index contributed by atoms with van der Waals surface area (Å²) in [6.07, 6.45) is 1.61. The molecule has 1 aromatic carbocycles. The van der Waals surface area contributed by atoms with Gasteiger partial charge < -0.3 is 13.9 Å². The van der Waals surface area contributed by atoms with Crippen molar-refractivity contribution in [2.45, 2.75) is 19.8 Å². The van der Waals surface area contributed by atoms with Crippen molar-refractivity contribution in [2.75, 3.05) is 0 Å². The first kappa shape index (κ1) is 14.4. The summed E-state index contributed by atoms with van der Waals surface area (Å²) in [5, 5.41) is 5.42. The van der Waals surface area contributed by atoms with E-state index in [1.54, 1.807) is 12.3 Å². The van der Waals surface area contributed by atoms with E-state index in [-0.39, 0.29) is 17.4 Å². The van der Waals surface area contributed by atoms with Gasteiger partial charge in [-0.1, -0.05) is 37.2 Å². The van der Waals surface area contributed by atoms with Gasteiger partial charge in [-0.05, 0) is 29.5 Å². The van der Waals surface area contributed by atoms with Gasteiger partial charge in [-0.25, -0.2) is 0 Å². The standard InChI is InChI=1S/C18H15N3O3/c1-10(2)12-7-8-23-15(12)16-20-18(24-21-16)14-9-11-5-3-4-6-13(11)17(22)19-14/h3-10H,1-2H3,(H,19,22). The number of hydrogen-bond donors (Lipinski definition) is 1. The predicted octanol–water partition coefficient (Wildman–Crippen LogP) is 3.96. The van der Waals surface area contributed by atoms with Crippen molar-refractivity contribution in [3.05, 3.63) is 58.6 Å². The maximum absolute atomic E-state index is 12.2. The first-order chi connectivity index (χ1) is 11.6. The topological polar surface area (TPSA) is 84.9 Å². The van der Waals surface area contributed by atoms with Crippen molar-refractivity contribution < 1.29 is 8.94 Å². The van der Waals surface area contributed by atoms with Crippen LogP contribution in [0, 0.1) is 0 Å².